The molecule has 0 heterocycles. The van der Waals surface area contributed by atoms with E-state index in [2.05, 4.69) is 13.8 Å². The van der Waals surface area contributed by atoms with Crippen LogP contribution in [0.5, 0.6) is 0 Å². The topological polar surface area (TPSA) is 26.0 Å². The zero-order valence-electron chi connectivity index (χ0n) is 14.2. The van der Waals surface area contributed by atoms with Gasteiger partial charge in [0.05, 0.1) is 0 Å². The third kappa shape index (κ3) is 7.67. The molecule has 20 heavy (non-hydrogen) atoms. The van der Waals surface area contributed by atoms with Gasteiger partial charge in [-0.15, -0.1) is 0 Å². The van der Waals surface area contributed by atoms with Crippen molar-refractivity contribution in [1.29, 1.82) is 0 Å². The molecule has 1 nitrogen and oxygen atoms in total. The van der Waals surface area contributed by atoms with E-state index < -0.39 is 0 Å². The second kappa shape index (κ2) is 11.6. The minimum atomic E-state index is 0.488. The van der Waals surface area contributed by atoms with Crippen LogP contribution in [-0.4, -0.2) is 6.04 Å². The summed E-state index contributed by atoms with van der Waals surface area (Å²) < 4.78 is 0. The molecule has 0 aliphatic heterocycles. The molecule has 1 aliphatic rings. The van der Waals surface area contributed by atoms with E-state index in [-0.39, 0.29) is 0 Å². The lowest BCUT2D eigenvalue weighted by Gasteiger charge is -2.23. The molecular formula is C19H39N. The Morgan fingerprint density at radius 1 is 0.850 bits per heavy atom. The second-order valence-electron chi connectivity index (χ2n) is 7.21. The summed E-state index contributed by atoms with van der Waals surface area (Å²) in [5.41, 5.74) is 6.38. The van der Waals surface area contributed by atoms with Crippen molar-refractivity contribution >= 4 is 0 Å². The number of hydrogen-bond donors (Lipinski definition) is 1. The molecule has 0 aromatic rings. The highest BCUT2D eigenvalue weighted by atomic mass is 14.7. The van der Waals surface area contributed by atoms with Crippen LogP contribution in [0.3, 0.4) is 0 Å². The van der Waals surface area contributed by atoms with Crippen molar-refractivity contribution in [2.24, 2.45) is 17.6 Å². The first-order valence-corrected chi connectivity index (χ1v) is 9.51. The lowest BCUT2D eigenvalue weighted by atomic mass is 9.87. The van der Waals surface area contributed by atoms with Gasteiger partial charge in [-0.3, -0.25) is 0 Å². The van der Waals surface area contributed by atoms with E-state index in [4.69, 9.17) is 5.73 Å². The van der Waals surface area contributed by atoms with Gasteiger partial charge in [0.25, 0.3) is 0 Å². The zero-order valence-corrected chi connectivity index (χ0v) is 14.2. The van der Waals surface area contributed by atoms with Crippen molar-refractivity contribution in [2.75, 3.05) is 0 Å². The number of unbranched alkanes of at least 4 members (excludes halogenated alkanes) is 9. The van der Waals surface area contributed by atoms with Gasteiger partial charge in [0.15, 0.2) is 0 Å². The largest absolute Gasteiger partial charge is 0.327 e. The summed E-state index contributed by atoms with van der Waals surface area (Å²) >= 11 is 0. The van der Waals surface area contributed by atoms with Gasteiger partial charge in [-0.25, -0.2) is 0 Å². The van der Waals surface area contributed by atoms with Crippen LogP contribution in [-0.2, 0) is 0 Å². The Labute approximate surface area is 128 Å². The molecule has 120 valence electrons. The summed E-state index contributed by atoms with van der Waals surface area (Å²) in [4.78, 5) is 0. The van der Waals surface area contributed by atoms with E-state index in [0.29, 0.717) is 6.04 Å². The minimum Gasteiger partial charge on any atom is -0.327 e. The molecule has 3 atom stereocenters. The molecule has 1 aliphatic carbocycles. The van der Waals surface area contributed by atoms with Crippen LogP contribution < -0.4 is 5.73 Å². The fraction of sp³-hybridized carbons (Fsp3) is 1.00. The predicted molar refractivity (Wildman–Crippen MR) is 90.9 cm³/mol. The van der Waals surface area contributed by atoms with Gasteiger partial charge in [0.1, 0.15) is 0 Å². The Hall–Kier alpha value is -0.0400. The third-order valence-corrected chi connectivity index (χ3v) is 5.37. The second-order valence-corrected chi connectivity index (χ2v) is 7.21. The van der Waals surface area contributed by atoms with E-state index in [1.54, 1.807) is 0 Å². The van der Waals surface area contributed by atoms with Crippen molar-refractivity contribution < 1.29 is 0 Å². The normalized spacial score (nSPS) is 24.1. The highest BCUT2D eigenvalue weighted by Crippen LogP contribution is 2.34. The van der Waals surface area contributed by atoms with Crippen LogP contribution in [0.1, 0.15) is 104 Å². The van der Waals surface area contributed by atoms with E-state index in [1.807, 2.05) is 0 Å². The molecule has 0 saturated heterocycles. The monoisotopic (exact) mass is 281 g/mol. The quantitative estimate of drug-likeness (QED) is 0.432. The highest BCUT2D eigenvalue weighted by molar-refractivity contribution is 4.82. The van der Waals surface area contributed by atoms with Crippen LogP contribution in [0.15, 0.2) is 0 Å². The van der Waals surface area contributed by atoms with Gasteiger partial charge in [-0.1, -0.05) is 90.9 Å². The van der Waals surface area contributed by atoms with E-state index >= 15 is 0 Å². The minimum absolute atomic E-state index is 0.488. The summed E-state index contributed by atoms with van der Waals surface area (Å²) in [6.07, 6.45) is 19.7. The maximum atomic E-state index is 6.38. The number of hydrogen-bond acceptors (Lipinski definition) is 1. The predicted octanol–water partition coefficient (Wildman–Crippen LogP) is 6.06. The summed E-state index contributed by atoms with van der Waals surface area (Å²) in [5, 5.41) is 0. The third-order valence-electron chi connectivity index (χ3n) is 5.37. The Morgan fingerprint density at radius 2 is 1.40 bits per heavy atom. The Kier molecular flexibility index (Phi) is 10.4. The first-order valence-electron chi connectivity index (χ1n) is 9.51. The lowest BCUT2D eigenvalue weighted by molar-refractivity contribution is 0.324. The van der Waals surface area contributed by atoms with Gasteiger partial charge in [-0.05, 0) is 24.7 Å². The fourth-order valence-electron chi connectivity index (χ4n) is 3.89. The maximum Gasteiger partial charge on any atom is 0.00697 e. The summed E-state index contributed by atoms with van der Waals surface area (Å²) in [6, 6.07) is 0.488. The van der Waals surface area contributed by atoms with E-state index in [1.165, 1.54) is 89.9 Å². The van der Waals surface area contributed by atoms with Crippen molar-refractivity contribution in [3.8, 4) is 0 Å². The SMILES string of the molecule is CCCCCCCCCCCCC(N)C1CCCC1C. The van der Waals surface area contributed by atoms with E-state index in [0.717, 1.165) is 11.8 Å². The van der Waals surface area contributed by atoms with Crippen molar-refractivity contribution in [3.63, 3.8) is 0 Å². The highest BCUT2D eigenvalue weighted by Gasteiger charge is 2.27. The van der Waals surface area contributed by atoms with Crippen LogP contribution in [0.25, 0.3) is 0 Å². The molecule has 0 radical (unpaired) electrons. The molecular weight excluding hydrogens is 242 g/mol. The Morgan fingerprint density at radius 3 is 1.90 bits per heavy atom. The number of nitrogens with two attached hydrogens (primary N) is 1. The number of rotatable bonds is 12. The molecule has 1 rings (SSSR count). The van der Waals surface area contributed by atoms with Gasteiger partial charge < -0.3 is 5.73 Å². The Bertz CT molecular complexity index is 214. The van der Waals surface area contributed by atoms with Gasteiger partial charge in [0.2, 0.25) is 0 Å². The molecule has 3 unspecified atom stereocenters. The average Bonchev–Trinajstić information content (AvgIpc) is 2.87. The molecule has 1 heteroatoms. The average molecular weight is 282 g/mol. The summed E-state index contributed by atoms with van der Waals surface area (Å²) in [7, 11) is 0. The smallest absolute Gasteiger partial charge is 0.00697 e. The van der Waals surface area contributed by atoms with Gasteiger partial charge in [-0.2, -0.15) is 0 Å². The molecule has 1 saturated carbocycles. The molecule has 0 aromatic heterocycles. The standard InChI is InChI=1S/C19H39N/c1-3-4-5-6-7-8-9-10-11-12-16-19(20)18-15-13-14-17(18)2/h17-19H,3-16,20H2,1-2H3. The van der Waals surface area contributed by atoms with Crippen LogP contribution in [0.4, 0.5) is 0 Å². The summed E-state index contributed by atoms with van der Waals surface area (Å²) in [5.74, 6) is 1.71. The molecule has 2 N–H and O–H groups in total. The fourth-order valence-corrected chi connectivity index (χ4v) is 3.89. The molecule has 0 aromatic carbocycles. The van der Waals surface area contributed by atoms with Gasteiger partial charge in [0, 0.05) is 6.04 Å². The zero-order chi connectivity index (χ0) is 14.6. The molecule has 0 bridgehead atoms. The van der Waals surface area contributed by atoms with Crippen LogP contribution in [0, 0.1) is 11.8 Å². The molecule has 0 amide bonds. The molecule has 0 spiro atoms. The maximum absolute atomic E-state index is 6.38. The first kappa shape index (κ1) is 18.0. The summed E-state index contributed by atoms with van der Waals surface area (Å²) in [6.45, 7) is 4.69. The lowest BCUT2D eigenvalue weighted by Crippen LogP contribution is -2.31. The van der Waals surface area contributed by atoms with Crippen molar-refractivity contribution in [1.82, 2.24) is 0 Å². The first-order chi connectivity index (χ1) is 9.75. The van der Waals surface area contributed by atoms with Crippen molar-refractivity contribution in [3.05, 3.63) is 0 Å². The molecule has 1 fully saturated rings. The van der Waals surface area contributed by atoms with Crippen LogP contribution in [0.2, 0.25) is 0 Å². The van der Waals surface area contributed by atoms with Gasteiger partial charge >= 0.3 is 0 Å². The van der Waals surface area contributed by atoms with E-state index in [9.17, 15) is 0 Å². The Balaban J connectivity index is 1.84. The van der Waals surface area contributed by atoms with Crippen molar-refractivity contribution in [2.45, 2.75) is 110 Å². The van der Waals surface area contributed by atoms with Crippen LogP contribution >= 0.6 is 0 Å².